The number of hydrogen-bond acceptors (Lipinski definition) is 3. The van der Waals surface area contributed by atoms with Crippen LogP contribution in [-0.4, -0.2) is 49.7 Å². The molecule has 6 heteroatoms. The van der Waals surface area contributed by atoms with Crippen LogP contribution in [0.15, 0.2) is 29.2 Å². The molecule has 1 saturated heterocycles. The first kappa shape index (κ1) is 20.3. The molecule has 0 aromatic heterocycles. The van der Waals surface area contributed by atoms with Crippen LogP contribution in [0.25, 0.3) is 0 Å². The predicted octanol–water partition coefficient (Wildman–Crippen LogP) is 3.58. The van der Waals surface area contributed by atoms with Crippen molar-refractivity contribution in [3.8, 4) is 0 Å². The van der Waals surface area contributed by atoms with E-state index in [-0.39, 0.29) is 5.91 Å². The minimum Gasteiger partial charge on any atom is -0.342 e. The first-order chi connectivity index (χ1) is 13.0. The molecular weight excluding hydrogens is 360 g/mol. The van der Waals surface area contributed by atoms with Gasteiger partial charge in [-0.3, -0.25) is 4.79 Å². The second-order valence-corrected chi connectivity index (χ2v) is 9.87. The summed E-state index contributed by atoms with van der Waals surface area (Å²) in [6.45, 7) is 1.21. The maximum atomic E-state index is 12.7. The van der Waals surface area contributed by atoms with Crippen molar-refractivity contribution < 1.29 is 13.2 Å². The zero-order valence-corrected chi connectivity index (χ0v) is 17.2. The number of hydrogen-bond donors (Lipinski definition) is 0. The number of benzene rings is 1. The zero-order valence-electron chi connectivity index (χ0n) is 16.4. The fraction of sp³-hybridized carbons (Fsp3) is 0.667. The summed E-state index contributed by atoms with van der Waals surface area (Å²) < 4.78 is 27.0. The van der Waals surface area contributed by atoms with E-state index in [0.717, 1.165) is 37.7 Å². The molecule has 1 amide bonds. The third kappa shape index (κ3) is 5.11. The SMILES string of the molecule is CN(C(=O)Cc1ccc(S(=O)(=O)N2CCCCC2)cc1)C1CCCCCC1. The monoisotopic (exact) mass is 392 g/mol. The molecule has 0 spiro atoms. The lowest BCUT2D eigenvalue weighted by molar-refractivity contribution is -0.131. The van der Waals surface area contributed by atoms with Crippen molar-refractivity contribution in [1.29, 1.82) is 0 Å². The van der Waals surface area contributed by atoms with E-state index in [2.05, 4.69) is 0 Å². The smallest absolute Gasteiger partial charge is 0.243 e. The standard InChI is InChI=1S/C21H32N2O3S/c1-22(19-9-5-2-3-6-10-19)21(24)17-18-11-13-20(14-12-18)27(25,26)23-15-7-4-8-16-23/h11-14,19H,2-10,15-17H2,1H3. The van der Waals surface area contributed by atoms with Gasteiger partial charge in [0.2, 0.25) is 15.9 Å². The van der Waals surface area contributed by atoms with Gasteiger partial charge in [-0.2, -0.15) is 4.31 Å². The van der Waals surface area contributed by atoms with Crippen LogP contribution in [-0.2, 0) is 21.2 Å². The van der Waals surface area contributed by atoms with E-state index in [9.17, 15) is 13.2 Å². The molecule has 2 fully saturated rings. The van der Waals surface area contributed by atoms with Crippen LogP contribution < -0.4 is 0 Å². The first-order valence-electron chi connectivity index (χ1n) is 10.3. The van der Waals surface area contributed by atoms with Crippen LogP contribution in [0.5, 0.6) is 0 Å². The maximum Gasteiger partial charge on any atom is 0.243 e. The van der Waals surface area contributed by atoms with Crippen molar-refractivity contribution in [2.75, 3.05) is 20.1 Å². The molecule has 1 aromatic rings. The Morgan fingerprint density at radius 2 is 1.52 bits per heavy atom. The molecular formula is C21H32N2O3S. The van der Waals surface area contributed by atoms with Gasteiger partial charge in [-0.25, -0.2) is 8.42 Å². The van der Waals surface area contributed by atoms with Gasteiger partial charge in [-0.05, 0) is 43.4 Å². The minimum atomic E-state index is -3.41. The summed E-state index contributed by atoms with van der Waals surface area (Å²) >= 11 is 0. The van der Waals surface area contributed by atoms with Crippen molar-refractivity contribution in [3.63, 3.8) is 0 Å². The third-order valence-electron chi connectivity index (χ3n) is 6.00. The van der Waals surface area contributed by atoms with E-state index in [0.29, 0.717) is 30.4 Å². The molecule has 0 bridgehead atoms. The molecule has 1 aromatic carbocycles. The zero-order chi connectivity index (χ0) is 19.3. The number of carbonyl (C=O) groups excluding carboxylic acids is 1. The normalized spacial score (nSPS) is 20.2. The fourth-order valence-corrected chi connectivity index (χ4v) is 5.70. The number of piperidine rings is 1. The second kappa shape index (κ2) is 9.20. The Labute approximate surface area is 163 Å². The Bertz CT molecular complexity index is 716. The Morgan fingerprint density at radius 3 is 2.11 bits per heavy atom. The van der Waals surface area contributed by atoms with E-state index >= 15 is 0 Å². The van der Waals surface area contributed by atoms with Crippen molar-refractivity contribution in [1.82, 2.24) is 9.21 Å². The molecule has 2 aliphatic rings. The Kier molecular flexibility index (Phi) is 6.93. The molecule has 3 rings (SSSR count). The molecule has 1 saturated carbocycles. The highest BCUT2D eigenvalue weighted by atomic mass is 32.2. The number of carbonyl (C=O) groups is 1. The molecule has 0 N–H and O–H groups in total. The summed E-state index contributed by atoms with van der Waals surface area (Å²) in [5.74, 6) is 0.119. The number of amides is 1. The summed E-state index contributed by atoms with van der Waals surface area (Å²) in [5, 5.41) is 0. The van der Waals surface area contributed by atoms with Gasteiger partial charge >= 0.3 is 0 Å². The minimum absolute atomic E-state index is 0.119. The molecule has 0 radical (unpaired) electrons. The van der Waals surface area contributed by atoms with Gasteiger partial charge in [0.05, 0.1) is 11.3 Å². The van der Waals surface area contributed by atoms with Gasteiger partial charge in [-0.15, -0.1) is 0 Å². The van der Waals surface area contributed by atoms with Gasteiger partial charge < -0.3 is 4.90 Å². The van der Waals surface area contributed by atoms with Crippen LogP contribution in [0, 0.1) is 0 Å². The van der Waals surface area contributed by atoms with Crippen LogP contribution >= 0.6 is 0 Å². The highest BCUT2D eigenvalue weighted by Crippen LogP contribution is 2.23. The average Bonchev–Trinajstić information content (AvgIpc) is 2.98. The number of nitrogens with zero attached hydrogens (tertiary/aromatic N) is 2. The summed E-state index contributed by atoms with van der Waals surface area (Å²) in [4.78, 5) is 14.9. The topological polar surface area (TPSA) is 57.7 Å². The lowest BCUT2D eigenvalue weighted by Gasteiger charge is -2.27. The van der Waals surface area contributed by atoms with Crippen molar-refractivity contribution >= 4 is 15.9 Å². The lowest BCUT2D eigenvalue weighted by Crippen LogP contribution is -2.37. The fourth-order valence-electron chi connectivity index (χ4n) is 4.18. The van der Waals surface area contributed by atoms with E-state index in [1.807, 2.05) is 11.9 Å². The predicted molar refractivity (Wildman–Crippen MR) is 107 cm³/mol. The van der Waals surface area contributed by atoms with Crippen LogP contribution in [0.2, 0.25) is 0 Å². The van der Waals surface area contributed by atoms with E-state index in [4.69, 9.17) is 0 Å². The highest BCUT2D eigenvalue weighted by Gasteiger charge is 2.26. The van der Waals surface area contributed by atoms with Gasteiger partial charge in [0.1, 0.15) is 0 Å². The molecule has 0 atom stereocenters. The van der Waals surface area contributed by atoms with Gasteiger partial charge in [-0.1, -0.05) is 44.2 Å². The summed E-state index contributed by atoms with van der Waals surface area (Å²) in [5.41, 5.74) is 0.873. The van der Waals surface area contributed by atoms with E-state index < -0.39 is 10.0 Å². The second-order valence-electron chi connectivity index (χ2n) is 7.94. The van der Waals surface area contributed by atoms with E-state index in [1.54, 1.807) is 28.6 Å². The van der Waals surface area contributed by atoms with Crippen molar-refractivity contribution in [2.24, 2.45) is 0 Å². The van der Waals surface area contributed by atoms with Gasteiger partial charge in [0.15, 0.2) is 0 Å². The van der Waals surface area contributed by atoms with Crippen LogP contribution in [0.1, 0.15) is 63.4 Å². The molecule has 150 valence electrons. The van der Waals surface area contributed by atoms with Gasteiger partial charge in [0.25, 0.3) is 0 Å². The lowest BCUT2D eigenvalue weighted by atomic mass is 10.1. The van der Waals surface area contributed by atoms with Crippen LogP contribution in [0.4, 0.5) is 0 Å². The number of rotatable bonds is 5. The summed E-state index contributed by atoms with van der Waals surface area (Å²) in [6.07, 6.45) is 10.4. The summed E-state index contributed by atoms with van der Waals surface area (Å²) in [7, 11) is -1.50. The van der Waals surface area contributed by atoms with Crippen molar-refractivity contribution in [2.45, 2.75) is 75.1 Å². The van der Waals surface area contributed by atoms with E-state index in [1.165, 1.54) is 25.7 Å². The Hall–Kier alpha value is -1.40. The Morgan fingerprint density at radius 1 is 0.963 bits per heavy atom. The Balaban J connectivity index is 1.62. The molecule has 0 unspecified atom stereocenters. The number of sulfonamides is 1. The third-order valence-corrected chi connectivity index (χ3v) is 7.91. The first-order valence-corrected chi connectivity index (χ1v) is 11.8. The van der Waals surface area contributed by atoms with Crippen molar-refractivity contribution in [3.05, 3.63) is 29.8 Å². The molecule has 1 aliphatic heterocycles. The molecule has 1 heterocycles. The quantitative estimate of drug-likeness (QED) is 0.720. The average molecular weight is 393 g/mol. The number of likely N-dealkylation sites (N-methyl/N-ethyl adjacent to an activating group) is 1. The summed E-state index contributed by atoms with van der Waals surface area (Å²) in [6, 6.07) is 7.22. The molecule has 27 heavy (non-hydrogen) atoms. The molecule has 5 nitrogen and oxygen atoms in total. The van der Waals surface area contributed by atoms with Crippen LogP contribution in [0.3, 0.4) is 0 Å². The molecule has 1 aliphatic carbocycles. The maximum absolute atomic E-state index is 12.7. The highest BCUT2D eigenvalue weighted by molar-refractivity contribution is 7.89. The van der Waals surface area contributed by atoms with Gasteiger partial charge in [0, 0.05) is 26.2 Å². The largest absolute Gasteiger partial charge is 0.342 e.